The van der Waals surface area contributed by atoms with E-state index < -0.39 is 16.1 Å². The van der Waals surface area contributed by atoms with Crippen molar-refractivity contribution in [1.29, 1.82) is 0 Å². The zero-order valence-electron chi connectivity index (χ0n) is 9.66. The highest BCUT2D eigenvalue weighted by atomic mass is 32.2. The zero-order valence-corrected chi connectivity index (χ0v) is 10.5. The summed E-state index contributed by atoms with van der Waals surface area (Å²) < 4.78 is 24.7. The van der Waals surface area contributed by atoms with E-state index in [1.807, 2.05) is 20.8 Å². The molecule has 0 fully saturated rings. The van der Waals surface area contributed by atoms with Crippen molar-refractivity contribution in [3.8, 4) is 0 Å². The van der Waals surface area contributed by atoms with E-state index in [4.69, 9.17) is 0 Å². The van der Waals surface area contributed by atoms with Gasteiger partial charge < -0.3 is 5.11 Å². The molecule has 0 spiro atoms. The van der Waals surface area contributed by atoms with Crippen LogP contribution >= 0.6 is 0 Å². The molecule has 1 unspecified atom stereocenters. The van der Waals surface area contributed by atoms with Crippen LogP contribution in [-0.2, 0) is 10.0 Å². The maximum atomic E-state index is 11.2. The predicted octanol–water partition coefficient (Wildman–Crippen LogP) is 0.889. The van der Waals surface area contributed by atoms with Gasteiger partial charge in [0.05, 0.1) is 11.9 Å². The Morgan fingerprint density at radius 2 is 2.00 bits per heavy atom. The molecule has 0 heterocycles. The molecule has 0 aliphatic heterocycles. The van der Waals surface area contributed by atoms with E-state index >= 15 is 0 Å². The Bertz CT molecular complexity index is 290. The third-order valence-electron chi connectivity index (χ3n) is 1.72. The van der Waals surface area contributed by atoms with Gasteiger partial charge in [0.2, 0.25) is 10.0 Å². The molecule has 0 rings (SSSR count). The summed E-state index contributed by atoms with van der Waals surface area (Å²) in [4.78, 5) is 0. The number of rotatable bonds is 6. The van der Waals surface area contributed by atoms with Crippen LogP contribution in [0.2, 0.25) is 0 Å². The summed E-state index contributed by atoms with van der Waals surface area (Å²) in [6, 6.07) is 0. The van der Waals surface area contributed by atoms with Gasteiger partial charge in [-0.05, 0) is 11.8 Å². The van der Waals surface area contributed by atoms with Crippen LogP contribution in [0.4, 0.5) is 0 Å². The number of hydrogen-bond donors (Lipinski definition) is 2. The number of aliphatic hydroxyl groups excluding tert-OH is 1. The first-order valence-corrected chi connectivity index (χ1v) is 6.58. The lowest BCUT2D eigenvalue weighted by atomic mass is 9.89. The van der Waals surface area contributed by atoms with Crippen LogP contribution in [0.1, 0.15) is 27.2 Å². The van der Waals surface area contributed by atoms with E-state index in [2.05, 4.69) is 11.3 Å². The van der Waals surface area contributed by atoms with Gasteiger partial charge in [0.25, 0.3) is 0 Å². The molecule has 0 aromatic heterocycles. The van der Waals surface area contributed by atoms with Crippen molar-refractivity contribution in [3.05, 3.63) is 12.7 Å². The fourth-order valence-corrected chi connectivity index (χ4v) is 2.09. The number of hydrogen-bond acceptors (Lipinski definition) is 3. The molecule has 2 N–H and O–H groups in total. The molecular weight excluding hydrogens is 214 g/mol. The van der Waals surface area contributed by atoms with Crippen LogP contribution in [0.5, 0.6) is 0 Å². The molecule has 15 heavy (non-hydrogen) atoms. The van der Waals surface area contributed by atoms with Gasteiger partial charge in [0.1, 0.15) is 0 Å². The molecule has 0 bridgehead atoms. The molecule has 0 aliphatic carbocycles. The molecule has 0 saturated heterocycles. The molecule has 0 aliphatic rings. The Morgan fingerprint density at radius 3 is 2.40 bits per heavy atom. The zero-order chi connectivity index (χ0) is 12.1. The second-order valence-corrected chi connectivity index (χ2v) is 6.69. The largest absolute Gasteiger partial charge is 0.392 e. The Labute approximate surface area is 92.4 Å². The number of aliphatic hydroxyl groups is 1. The van der Waals surface area contributed by atoms with E-state index in [-0.39, 0.29) is 17.7 Å². The van der Waals surface area contributed by atoms with Gasteiger partial charge in [-0.2, -0.15) is 0 Å². The fraction of sp³-hybridized carbons (Fsp3) is 0.800. The van der Waals surface area contributed by atoms with Crippen molar-refractivity contribution in [2.45, 2.75) is 33.3 Å². The van der Waals surface area contributed by atoms with Gasteiger partial charge >= 0.3 is 0 Å². The van der Waals surface area contributed by atoms with Crippen molar-refractivity contribution in [1.82, 2.24) is 4.72 Å². The van der Waals surface area contributed by atoms with Gasteiger partial charge in [-0.1, -0.05) is 26.8 Å². The topological polar surface area (TPSA) is 66.4 Å². The van der Waals surface area contributed by atoms with Crippen LogP contribution in [0.25, 0.3) is 0 Å². The van der Waals surface area contributed by atoms with Crippen molar-refractivity contribution < 1.29 is 13.5 Å². The van der Waals surface area contributed by atoms with Crippen LogP contribution < -0.4 is 4.72 Å². The number of nitrogens with one attached hydrogen (secondary N) is 1. The van der Waals surface area contributed by atoms with Crippen molar-refractivity contribution in [2.24, 2.45) is 5.41 Å². The average molecular weight is 235 g/mol. The monoisotopic (exact) mass is 235 g/mol. The smallest absolute Gasteiger partial charge is 0.215 e. The highest BCUT2D eigenvalue weighted by molar-refractivity contribution is 7.89. The first-order chi connectivity index (χ1) is 6.66. The molecule has 1 atom stereocenters. The lowest BCUT2D eigenvalue weighted by molar-refractivity contribution is 0.125. The molecular formula is C10H21NO3S. The summed E-state index contributed by atoms with van der Waals surface area (Å²) in [5.41, 5.74) is -0.0106. The van der Waals surface area contributed by atoms with Crippen molar-refractivity contribution in [2.75, 3.05) is 12.3 Å². The Hall–Kier alpha value is -0.390. The first-order valence-electron chi connectivity index (χ1n) is 4.92. The minimum Gasteiger partial charge on any atom is -0.392 e. The minimum atomic E-state index is -3.31. The normalized spacial score (nSPS) is 14.9. The fourth-order valence-electron chi connectivity index (χ4n) is 1.22. The summed E-state index contributed by atoms with van der Waals surface area (Å²) in [6.45, 7) is 9.40. The van der Waals surface area contributed by atoms with Crippen molar-refractivity contribution in [3.63, 3.8) is 0 Å². The van der Waals surface area contributed by atoms with Gasteiger partial charge in [-0.25, -0.2) is 13.1 Å². The molecule has 0 amide bonds. The summed E-state index contributed by atoms with van der Waals surface area (Å²) in [6.07, 6.45) is 1.23. The number of sulfonamides is 1. The molecule has 90 valence electrons. The van der Waals surface area contributed by atoms with E-state index in [9.17, 15) is 13.5 Å². The van der Waals surface area contributed by atoms with Crippen molar-refractivity contribution >= 4 is 10.0 Å². The minimum absolute atomic E-state index is 0.0106. The first kappa shape index (κ1) is 14.6. The lowest BCUT2D eigenvalue weighted by Crippen LogP contribution is -2.35. The third-order valence-corrected chi connectivity index (χ3v) is 3.01. The van der Waals surface area contributed by atoms with Gasteiger partial charge in [-0.15, -0.1) is 6.58 Å². The van der Waals surface area contributed by atoms with E-state index in [0.29, 0.717) is 6.42 Å². The third kappa shape index (κ3) is 8.59. The Balaban J connectivity index is 4.01. The molecule has 0 aromatic rings. The summed E-state index contributed by atoms with van der Waals surface area (Å²) in [5.74, 6) is -0.116. The van der Waals surface area contributed by atoms with E-state index in [0.717, 1.165) is 0 Å². The molecule has 4 nitrogen and oxygen atoms in total. The van der Waals surface area contributed by atoms with Crippen LogP contribution in [0.3, 0.4) is 0 Å². The standard InChI is InChI=1S/C10H21NO3S/c1-5-6-15(13,14)11-8-9(12)7-10(2,3)4/h5,9,11-12H,1,6-8H2,2-4H3. The molecule has 0 radical (unpaired) electrons. The second kappa shape index (κ2) is 5.63. The predicted molar refractivity (Wildman–Crippen MR) is 62.1 cm³/mol. The van der Waals surface area contributed by atoms with E-state index in [1.165, 1.54) is 6.08 Å². The molecule has 0 saturated carbocycles. The Kier molecular flexibility index (Phi) is 5.48. The van der Waals surface area contributed by atoms with E-state index in [1.54, 1.807) is 0 Å². The summed E-state index contributed by atoms with van der Waals surface area (Å²) in [7, 11) is -3.31. The summed E-state index contributed by atoms with van der Waals surface area (Å²) in [5, 5.41) is 9.56. The lowest BCUT2D eigenvalue weighted by Gasteiger charge is -2.22. The highest BCUT2D eigenvalue weighted by Crippen LogP contribution is 2.20. The van der Waals surface area contributed by atoms with Gasteiger partial charge in [0, 0.05) is 6.54 Å². The maximum absolute atomic E-state index is 11.2. The molecule has 0 aromatic carbocycles. The van der Waals surface area contributed by atoms with Gasteiger partial charge in [0.15, 0.2) is 0 Å². The highest BCUT2D eigenvalue weighted by Gasteiger charge is 2.18. The quantitative estimate of drug-likeness (QED) is 0.672. The van der Waals surface area contributed by atoms with Crippen LogP contribution in [0.15, 0.2) is 12.7 Å². The van der Waals surface area contributed by atoms with Crippen LogP contribution in [0, 0.1) is 5.41 Å². The van der Waals surface area contributed by atoms with Crippen LogP contribution in [-0.4, -0.2) is 31.9 Å². The Morgan fingerprint density at radius 1 is 1.47 bits per heavy atom. The average Bonchev–Trinajstić information content (AvgIpc) is 1.98. The SMILES string of the molecule is C=CCS(=O)(=O)NCC(O)CC(C)(C)C. The van der Waals surface area contributed by atoms with Gasteiger partial charge in [-0.3, -0.25) is 0 Å². The maximum Gasteiger partial charge on any atom is 0.215 e. The second-order valence-electron chi connectivity index (χ2n) is 4.84. The molecule has 5 heteroatoms. The summed E-state index contributed by atoms with van der Waals surface area (Å²) >= 11 is 0.